The van der Waals surface area contributed by atoms with E-state index in [9.17, 15) is 15.0 Å². The summed E-state index contributed by atoms with van der Waals surface area (Å²) in [5.41, 5.74) is 3.78. The maximum absolute atomic E-state index is 11.3. The molecule has 1 aliphatic heterocycles. The lowest BCUT2D eigenvalue weighted by molar-refractivity contribution is 0.0746. The summed E-state index contributed by atoms with van der Waals surface area (Å²) in [6.45, 7) is 8.02. The first-order valence-electron chi connectivity index (χ1n) is 10.0. The zero-order valence-corrected chi connectivity index (χ0v) is 18.7. The van der Waals surface area contributed by atoms with E-state index in [2.05, 4.69) is 4.98 Å². The molecule has 2 heterocycles. The molecule has 0 fully saturated rings. The zero-order valence-electron chi connectivity index (χ0n) is 17.9. The number of fused-ring (bicyclic) bond motifs is 1. The number of phenols is 1. The predicted molar refractivity (Wildman–Crippen MR) is 122 cm³/mol. The van der Waals surface area contributed by atoms with E-state index in [4.69, 9.17) is 9.47 Å². The minimum absolute atomic E-state index is 0.0705. The Balaban J connectivity index is 1.45. The van der Waals surface area contributed by atoms with E-state index in [1.54, 1.807) is 0 Å². The second-order valence-corrected chi connectivity index (χ2v) is 9.18. The van der Waals surface area contributed by atoms with Gasteiger partial charge in [-0.25, -0.2) is 0 Å². The molecule has 0 spiro atoms. The van der Waals surface area contributed by atoms with E-state index in [1.165, 1.54) is 0 Å². The maximum atomic E-state index is 11.3. The summed E-state index contributed by atoms with van der Waals surface area (Å²) in [7, 11) is 0. The molecule has 31 heavy (non-hydrogen) atoms. The number of benzene rings is 2. The van der Waals surface area contributed by atoms with Crippen molar-refractivity contribution in [2.75, 3.05) is 6.61 Å². The van der Waals surface area contributed by atoms with Crippen LogP contribution in [0.15, 0.2) is 35.1 Å². The van der Waals surface area contributed by atoms with Crippen LogP contribution < -0.4 is 14.3 Å². The first kappa shape index (κ1) is 21.1. The van der Waals surface area contributed by atoms with Crippen molar-refractivity contribution >= 4 is 17.4 Å². The molecule has 3 N–H and O–H groups in total. The lowest BCUT2D eigenvalue weighted by Crippen LogP contribution is -2.39. The van der Waals surface area contributed by atoms with Crippen LogP contribution >= 0.6 is 11.3 Å². The quantitative estimate of drug-likeness (QED) is 0.540. The first-order valence-corrected chi connectivity index (χ1v) is 10.8. The fourth-order valence-electron chi connectivity index (χ4n) is 3.65. The van der Waals surface area contributed by atoms with E-state index in [-0.39, 0.29) is 10.8 Å². The number of nitrogens with one attached hydrogen (secondary N) is 1. The van der Waals surface area contributed by atoms with Gasteiger partial charge in [-0.1, -0.05) is 29.5 Å². The van der Waals surface area contributed by atoms with Crippen LogP contribution in [-0.4, -0.2) is 27.4 Å². The van der Waals surface area contributed by atoms with Crippen LogP contribution in [0.2, 0.25) is 0 Å². The molecule has 1 aromatic heterocycles. The average Bonchev–Trinajstić information content (AvgIpc) is 3.06. The Labute approximate surface area is 184 Å². The summed E-state index contributed by atoms with van der Waals surface area (Å²) in [4.78, 5) is 14.1. The van der Waals surface area contributed by atoms with Gasteiger partial charge in [-0.3, -0.25) is 9.78 Å². The minimum Gasteiger partial charge on any atom is -0.507 e. The number of rotatable bonds is 5. The summed E-state index contributed by atoms with van der Waals surface area (Å²) in [6, 6.07) is 7.55. The van der Waals surface area contributed by atoms with Crippen LogP contribution in [0, 0.1) is 20.8 Å². The number of H-pyrrole nitrogens is 1. The zero-order chi connectivity index (χ0) is 22.3. The van der Waals surface area contributed by atoms with Crippen LogP contribution in [0.5, 0.6) is 23.1 Å². The van der Waals surface area contributed by atoms with Gasteiger partial charge in [0.15, 0.2) is 5.60 Å². The van der Waals surface area contributed by atoms with E-state index < -0.39 is 5.60 Å². The molecule has 0 bridgehead atoms. The molecule has 1 unspecified atom stereocenters. The molecule has 6 nitrogen and oxygen atoms in total. The molecule has 1 aliphatic rings. The Morgan fingerprint density at radius 1 is 1.10 bits per heavy atom. The number of phenolic OH excluding ortho intramolecular Hbond substituents is 1. The Kier molecular flexibility index (Phi) is 5.31. The van der Waals surface area contributed by atoms with Crippen LogP contribution in [0.3, 0.4) is 0 Å². The second-order valence-electron chi connectivity index (χ2n) is 8.11. The van der Waals surface area contributed by atoms with Gasteiger partial charge in [-0.2, -0.15) is 0 Å². The van der Waals surface area contributed by atoms with Crippen molar-refractivity contribution in [3.8, 4) is 23.1 Å². The van der Waals surface area contributed by atoms with Crippen molar-refractivity contribution in [2.24, 2.45) is 0 Å². The molecule has 0 radical (unpaired) electrons. The van der Waals surface area contributed by atoms with E-state index in [1.807, 2.05) is 64.1 Å². The van der Waals surface area contributed by atoms with Crippen molar-refractivity contribution in [1.29, 1.82) is 0 Å². The topological polar surface area (TPSA) is 91.8 Å². The van der Waals surface area contributed by atoms with Crippen molar-refractivity contribution < 1.29 is 19.7 Å². The van der Waals surface area contributed by atoms with Crippen LogP contribution in [0.4, 0.5) is 0 Å². The molecule has 2 aromatic carbocycles. The molecule has 7 heteroatoms. The predicted octanol–water partition coefficient (Wildman–Crippen LogP) is 4.61. The fraction of sp³-hybridized carbons (Fsp3) is 0.292. The molecule has 162 valence electrons. The highest BCUT2D eigenvalue weighted by molar-refractivity contribution is 7.09. The molecule has 3 aromatic rings. The van der Waals surface area contributed by atoms with Gasteiger partial charge >= 0.3 is 4.87 Å². The van der Waals surface area contributed by atoms with Gasteiger partial charge in [0.1, 0.15) is 23.9 Å². The maximum Gasteiger partial charge on any atom is 0.307 e. The number of hydrogen-bond acceptors (Lipinski definition) is 6. The monoisotopic (exact) mass is 439 g/mol. The second kappa shape index (κ2) is 7.81. The summed E-state index contributed by atoms with van der Waals surface area (Å²) < 4.78 is 12.3. The van der Waals surface area contributed by atoms with E-state index >= 15 is 0 Å². The molecule has 0 saturated heterocycles. The van der Waals surface area contributed by atoms with Crippen LogP contribution in [0.1, 0.15) is 39.6 Å². The fourth-order valence-corrected chi connectivity index (χ4v) is 4.41. The largest absolute Gasteiger partial charge is 0.507 e. The summed E-state index contributed by atoms with van der Waals surface area (Å²) >= 11 is 1.01. The molecule has 0 amide bonds. The highest BCUT2D eigenvalue weighted by Crippen LogP contribution is 2.42. The van der Waals surface area contributed by atoms with Crippen LogP contribution in [0.25, 0.3) is 6.08 Å². The summed E-state index contributed by atoms with van der Waals surface area (Å²) in [5, 5.41) is 20.1. The Hall–Kier alpha value is -3.19. The Morgan fingerprint density at radius 3 is 2.45 bits per heavy atom. The Bertz CT molecular complexity index is 1220. The normalized spacial score (nSPS) is 17.3. The standard InChI is InChI=1S/C24H25NO5S/c1-13-14(2)21-18(15(3)20(13)26)9-10-24(4,30-21)12-29-17-7-5-16(6-8-17)11-19-22(27)25-23(28)31-19/h5-10,26-27H,11-12H2,1-4H3,(H,25,28). The molecule has 0 saturated carbocycles. The third-order valence-corrected chi connectivity index (χ3v) is 6.59. The van der Waals surface area contributed by atoms with E-state index in [0.29, 0.717) is 29.4 Å². The molecular formula is C24H25NO5S. The van der Waals surface area contributed by atoms with Crippen molar-refractivity contribution in [3.63, 3.8) is 0 Å². The van der Waals surface area contributed by atoms with Gasteiger partial charge in [0, 0.05) is 17.5 Å². The van der Waals surface area contributed by atoms with Crippen molar-refractivity contribution in [1.82, 2.24) is 4.98 Å². The number of aromatic amines is 1. The highest BCUT2D eigenvalue weighted by atomic mass is 32.1. The lowest BCUT2D eigenvalue weighted by Gasteiger charge is -2.33. The lowest BCUT2D eigenvalue weighted by atomic mass is 9.92. The van der Waals surface area contributed by atoms with Gasteiger partial charge in [0.05, 0.1) is 4.88 Å². The van der Waals surface area contributed by atoms with Crippen molar-refractivity contribution in [3.05, 3.63) is 72.7 Å². The van der Waals surface area contributed by atoms with Crippen LogP contribution in [-0.2, 0) is 6.42 Å². The number of hydrogen-bond donors (Lipinski definition) is 3. The summed E-state index contributed by atoms with van der Waals surface area (Å²) in [5.74, 6) is 1.72. The third-order valence-electron chi connectivity index (χ3n) is 5.71. The van der Waals surface area contributed by atoms with Gasteiger partial charge in [-0.05, 0) is 62.6 Å². The third kappa shape index (κ3) is 4.05. The van der Waals surface area contributed by atoms with E-state index in [0.717, 1.165) is 44.9 Å². The first-order chi connectivity index (χ1) is 14.7. The number of ether oxygens (including phenoxy) is 2. The smallest absolute Gasteiger partial charge is 0.307 e. The highest BCUT2D eigenvalue weighted by Gasteiger charge is 2.31. The van der Waals surface area contributed by atoms with Gasteiger partial charge in [0.2, 0.25) is 5.88 Å². The van der Waals surface area contributed by atoms with Gasteiger partial charge in [-0.15, -0.1) is 0 Å². The molecule has 0 aliphatic carbocycles. The average molecular weight is 440 g/mol. The Morgan fingerprint density at radius 2 is 1.81 bits per heavy atom. The van der Waals surface area contributed by atoms with Gasteiger partial charge < -0.3 is 19.7 Å². The van der Waals surface area contributed by atoms with Crippen molar-refractivity contribution in [2.45, 2.75) is 39.7 Å². The number of aromatic hydroxyl groups is 2. The minimum atomic E-state index is -0.643. The number of aromatic nitrogens is 1. The number of thiazole rings is 1. The molecular weight excluding hydrogens is 414 g/mol. The SMILES string of the molecule is Cc1c(C)c2c(c(C)c1O)C=CC(C)(COc1ccc(Cc3sc(=O)[nH]c3O)cc1)O2. The molecule has 1 atom stereocenters. The molecule has 4 rings (SSSR count). The summed E-state index contributed by atoms with van der Waals surface area (Å²) in [6.07, 6.45) is 4.42. The van der Waals surface area contributed by atoms with Gasteiger partial charge in [0.25, 0.3) is 0 Å².